The number of carbonyl (C=O) groups is 2. The molecule has 5 heteroatoms. The van der Waals surface area contributed by atoms with E-state index in [-0.39, 0.29) is 23.8 Å². The maximum atomic E-state index is 12.7. The van der Waals surface area contributed by atoms with Gasteiger partial charge in [-0.05, 0) is 48.6 Å². The molecule has 3 rings (SSSR count). The second kappa shape index (κ2) is 5.20. The molecule has 0 N–H and O–H groups in total. The molecule has 0 spiro atoms. The number of ether oxygens (including phenoxy) is 1. The minimum Gasteiger partial charge on any atom is -0.467 e. The van der Waals surface area contributed by atoms with Crippen molar-refractivity contribution < 1.29 is 14.3 Å². The van der Waals surface area contributed by atoms with Crippen LogP contribution in [0.4, 0.5) is 0 Å². The van der Waals surface area contributed by atoms with Crippen LogP contribution in [0.5, 0.6) is 0 Å². The molecule has 1 aliphatic heterocycles. The molecule has 0 bridgehead atoms. The van der Waals surface area contributed by atoms with Gasteiger partial charge in [-0.2, -0.15) is 0 Å². The Labute approximate surface area is 122 Å². The maximum Gasteiger partial charge on any atom is 0.328 e. The van der Waals surface area contributed by atoms with E-state index in [1.165, 1.54) is 18.4 Å². The number of nitrogens with zero attached hydrogens (tertiary/aromatic N) is 1. The monoisotopic (exact) mass is 293 g/mol. The molecule has 0 aromatic carbocycles. The Kier molecular flexibility index (Phi) is 3.54. The Morgan fingerprint density at radius 1 is 1.40 bits per heavy atom. The summed E-state index contributed by atoms with van der Waals surface area (Å²) in [5.41, 5.74) is 0.987. The molecule has 0 radical (unpaired) electrons. The highest BCUT2D eigenvalue weighted by molar-refractivity contribution is 7.12. The Morgan fingerprint density at radius 2 is 2.20 bits per heavy atom. The Morgan fingerprint density at radius 3 is 2.85 bits per heavy atom. The van der Waals surface area contributed by atoms with Crippen LogP contribution in [0.15, 0.2) is 11.4 Å². The SMILES string of the molecule is COC(=O)[C@@H]1[C@@H]2CCC[C@H]2CN1C(=O)c1sccc1C. The van der Waals surface area contributed by atoms with E-state index in [1.54, 1.807) is 4.90 Å². The number of aryl methyl sites for hydroxylation is 1. The summed E-state index contributed by atoms with van der Waals surface area (Å²) in [6.07, 6.45) is 3.30. The van der Waals surface area contributed by atoms with Crippen molar-refractivity contribution in [3.63, 3.8) is 0 Å². The van der Waals surface area contributed by atoms with Gasteiger partial charge in [-0.1, -0.05) is 6.42 Å². The lowest BCUT2D eigenvalue weighted by Gasteiger charge is -2.25. The first-order valence-corrected chi connectivity index (χ1v) is 7.94. The van der Waals surface area contributed by atoms with Crippen LogP contribution in [-0.4, -0.2) is 36.5 Å². The number of esters is 1. The van der Waals surface area contributed by atoms with E-state index in [1.807, 2.05) is 18.4 Å². The quantitative estimate of drug-likeness (QED) is 0.787. The highest BCUT2D eigenvalue weighted by Gasteiger charge is 2.50. The second-order valence-electron chi connectivity index (χ2n) is 5.71. The zero-order chi connectivity index (χ0) is 14.3. The topological polar surface area (TPSA) is 46.6 Å². The summed E-state index contributed by atoms with van der Waals surface area (Å²) < 4.78 is 4.94. The molecule has 1 saturated carbocycles. The smallest absolute Gasteiger partial charge is 0.328 e. The number of methoxy groups -OCH3 is 1. The number of likely N-dealkylation sites (tertiary alicyclic amines) is 1. The predicted octanol–water partition coefficient (Wildman–Crippen LogP) is 2.47. The van der Waals surface area contributed by atoms with Crippen molar-refractivity contribution in [1.29, 1.82) is 0 Å². The van der Waals surface area contributed by atoms with Crippen LogP contribution in [0.3, 0.4) is 0 Å². The van der Waals surface area contributed by atoms with Crippen molar-refractivity contribution in [2.75, 3.05) is 13.7 Å². The summed E-state index contributed by atoms with van der Waals surface area (Å²) in [4.78, 5) is 27.3. The lowest BCUT2D eigenvalue weighted by Crippen LogP contribution is -2.43. The van der Waals surface area contributed by atoms with E-state index in [4.69, 9.17) is 4.74 Å². The summed E-state index contributed by atoms with van der Waals surface area (Å²) >= 11 is 1.45. The third kappa shape index (κ3) is 2.04. The Balaban J connectivity index is 1.90. The molecule has 0 unspecified atom stereocenters. The molecule has 1 amide bonds. The van der Waals surface area contributed by atoms with E-state index >= 15 is 0 Å². The summed E-state index contributed by atoms with van der Waals surface area (Å²) in [5.74, 6) is 0.472. The highest BCUT2D eigenvalue weighted by Crippen LogP contribution is 2.43. The Bertz CT molecular complexity index is 539. The van der Waals surface area contributed by atoms with Crippen molar-refractivity contribution in [1.82, 2.24) is 4.90 Å². The van der Waals surface area contributed by atoms with Gasteiger partial charge in [-0.25, -0.2) is 4.79 Å². The molecule has 1 saturated heterocycles. The van der Waals surface area contributed by atoms with Crippen LogP contribution >= 0.6 is 11.3 Å². The number of hydrogen-bond acceptors (Lipinski definition) is 4. The number of rotatable bonds is 2. The predicted molar refractivity (Wildman–Crippen MR) is 76.7 cm³/mol. The van der Waals surface area contributed by atoms with Crippen molar-refractivity contribution in [3.8, 4) is 0 Å². The number of amides is 1. The third-order valence-electron chi connectivity index (χ3n) is 4.65. The lowest BCUT2D eigenvalue weighted by molar-refractivity contribution is -0.146. The van der Waals surface area contributed by atoms with Crippen molar-refractivity contribution >= 4 is 23.2 Å². The molecule has 1 aromatic rings. The molecule has 4 nitrogen and oxygen atoms in total. The van der Waals surface area contributed by atoms with E-state index in [0.29, 0.717) is 12.5 Å². The van der Waals surface area contributed by atoms with Gasteiger partial charge >= 0.3 is 5.97 Å². The molecule has 3 atom stereocenters. The average Bonchev–Trinajstić information content (AvgIpc) is 3.11. The molecule has 108 valence electrons. The molecule has 2 aliphatic rings. The molecule has 2 fully saturated rings. The third-order valence-corrected chi connectivity index (χ3v) is 5.65. The fourth-order valence-electron chi connectivity index (χ4n) is 3.66. The van der Waals surface area contributed by atoms with Gasteiger partial charge in [0.25, 0.3) is 5.91 Å². The molecule has 1 aromatic heterocycles. The fourth-order valence-corrected chi connectivity index (χ4v) is 4.54. The number of carbonyl (C=O) groups excluding carboxylic acids is 2. The average molecular weight is 293 g/mol. The number of fused-ring (bicyclic) bond motifs is 1. The van der Waals surface area contributed by atoms with Gasteiger partial charge in [-0.15, -0.1) is 11.3 Å². The van der Waals surface area contributed by atoms with E-state index in [2.05, 4.69) is 0 Å². The highest BCUT2D eigenvalue weighted by atomic mass is 32.1. The first kappa shape index (κ1) is 13.6. The van der Waals surface area contributed by atoms with Gasteiger partial charge in [0.15, 0.2) is 0 Å². The van der Waals surface area contributed by atoms with Gasteiger partial charge in [-0.3, -0.25) is 4.79 Å². The summed E-state index contributed by atoms with van der Waals surface area (Å²) in [6, 6.07) is 1.56. The van der Waals surface area contributed by atoms with Gasteiger partial charge in [0, 0.05) is 6.54 Å². The lowest BCUT2D eigenvalue weighted by atomic mass is 9.94. The zero-order valence-electron chi connectivity index (χ0n) is 11.8. The van der Waals surface area contributed by atoms with Crippen LogP contribution < -0.4 is 0 Å². The normalized spacial score (nSPS) is 28.5. The van der Waals surface area contributed by atoms with Crippen LogP contribution in [0.25, 0.3) is 0 Å². The molecule has 1 aliphatic carbocycles. The summed E-state index contributed by atoms with van der Waals surface area (Å²) in [6.45, 7) is 2.63. The van der Waals surface area contributed by atoms with Crippen LogP contribution in [0.2, 0.25) is 0 Å². The fraction of sp³-hybridized carbons (Fsp3) is 0.600. The van der Waals surface area contributed by atoms with Crippen LogP contribution in [0, 0.1) is 18.8 Å². The van der Waals surface area contributed by atoms with Gasteiger partial charge in [0.1, 0.15) is 6.04 Å². The molecular formula is C15H19NO3S. The van der Waals surface area contributed by atoms with Crippen LogP contribution in [-0.2, 0) is 9.53 Å². The van der Waals surface area contributed by atoms with E-state index in [0.717, 1.165) is 29.7 Å². The second-order valence-corrected chi connectivity index (χ2v) is 6.63. The summed E-state index contributed by atoms with van der Waals surface area (Å²) in [5, 5.41) is 1.92. The van der Waals surface area contributed by atoms with Crippen molar-refractivity contribution in [3.05, 3.63) is 21.9 Å². The van der Waals surface area contributed by atoms with E-state index < -0.39 is 0 Å². The van der Waals surface area contributed by atoms with Crippen molar-refractivity contribution in [2.45, 2.75) is 32.2 Å². The number of hydrogen-bond donors (Lipinski definition) is 0. The molecular weight excluding hydrogens is 274 g/mol. The molecule has 2 heterocycles. The Hall–Kier alpha value is -1.36. The first-order chi connectivity index (χ1) is 9.63. The minimum atomic E-state index is -0.388. The first-order valence-electron chi connectivity index (χ1n) is 7.06. The van der Waals surface area contributed by atoms with Crippen LogP contribution in [0.1, 0.15) is 34.5 Å². The van der Waals surface area contributed by atoms with Crippen molar-refractivity contribution in [2.24, 2.45) is 11.8 Å². The number of thiophene rings is 1. The van der Waals surface area contributed by atoms with Gasteiger partial charge in [0.05, 0.1) is 12.0 Å². The molecule has 20 heavy (non-hydrogen) atoms. The largest absolute Gasteiger partial charge is 0.467 e. The van der Waals surface area contributed by atoms with Gasteiger partial charge < -0.3 is 9.64 Å². The summed E-state index contributed by atoms with van der Waals surface area (Å²) in [7, 11) is 1.41. The zero-order valence-corrected chi connectivity index (χ0v) is 12.6. The minimum absolute atomic E-state index is 0.0118. The standard InChI is InChI=1S/C15H19NO3S/c1-9-6-7-20-13(9)14(17)16-8-10-4-3-5-11(10)12(16)15(18)19-2/h6-7,10-12H,3-5,8H2,1-2H3/t10-,11+,12-/m0/s1. The maximum absolute atomic E-state index is 12.7. The van der Waals surface area contributed by atoms with E-state index in [9.17, 15) is 9.59 Å². The van der Waals surface area contributed by atoms with Gasteiger partial charge in [0.2, 0.25) is 0 Å².